The Bertz CT molecular complexity index is 501. The van der Waals surface area contributed by atoms with Crippen LogP contribution >= 0.6 is 0 Å². The summed E-state index contributed by atoms with van der Waals surface area (Å²) in [5.74, 6) is 0. The van der Waals surface area contributed by atoms with Crippen LogP contribution in [0.1, 0.15) is 31.7 Å². The number of rotatable bonds is 1. The molecule has 0 aromatic heterocycles. The summed E-state index contributed by atoms with van der Waals surface area (Å²) in [5, 5.41) is 0. The lowest BCUT2D eigenvalue weighted by Gasteiger charge is -2.49. The predicted octanol–water partition coefficient (Wildman–Crippen LogP) is 3.77. The first-order valence-corrected chi connectivity index (χ1v) is 7.64. The van der Waals surface area contributed by atoms with Crippen LogP contribution in [0.4, 0.5) is 18.9 Å². The topological polar surface area (TPSA) is 6.48 Å². The number of hydrogen-bond donors (Lipinski definition) is 0. The number of anilines is 1. The van der Waals surface area contributed by atoms with Gasteiger partial charge in [-0.2, -0.15) is 13.2 Å². The average Bonchev–Trinajstić information content (AvgIpc) is 2.45. The van der Waals surface area contributed by atoms with E-state index in [4.69, 9.17) is 0 Å². The minimum absolute atomic E-state index is 0.114. The predicted molar refractivity (Wildman–Crippen MR) is 77.5 cm³/mol. The molecule has 0 amide bonds. The Balaban J connectivity index is 1.90. The Morgan fingerprint density at radius 3 is 2.62 bits per heavy atom. The Morgan fingerprint density at radius 2 is 1.86 bits per heavy atom. The van der Waals surface area contributed by atoms with E-state index in [2.05, 4.69) is 4.90 Å². The number of fused-ring (bicyclic) bond motifs is 1. The van der Waals surface area contributed by atoms with E-state index in [1.807, 2.05) is 11.8 Å². The van der Waals surface area contributed by atoms with Crippen molar-refractivity contribution in [3.8, 4) is 0 Å². The van der Waals surface area contributed by atoms with Gasteiger partial charge in [0, 0.05) is 30.9 Å². The number of alkyl halides is 3. The highest BCUT2D eigenvalue weighted by Gasteiger charge is 2.38. The lowest BCUT2D eigenvalue weighted by Crippen LogP contribution is -2.59. The fourth-order valence-corrected chi connectivity index (χ4v) is 3.65. The molecule has 3 rings (SSSR count). The highest BCUT2D eigenvalue weighted by atomic mass is 19.4. The number of piperidine rings is 1. The molecule has 0 radical (unpaired) electrons. The molecule has 116 valence electrons. The van der Waals surface area contributed by atoms with Gasteiger partial charge in [-0.25, -0.2) is 0 Å². The monoisotopic (exact) mass is 298 g/mol. The molecule has 0 aliphatic carbocycles. The third-order valence-corrected chi connectivity index (χ3v) is 4.71. The molecule has 2 aliphatic rings. The quantitative estimate of drug-likeness (QED) is 0.779. The fourth-order valence-electron chi connectivity index (χ4n) is 3.65. The van der Waals surface area contributed by atoms with Crippen molar-refractivity contribution in [3.63, 3.8) is 0 Å². The van der Waals surface area contributed by atoms with Crippen LogP contribution in [-0.2, 0) is 6.18 Å². The third-order valence-electron chi connectivity index (χ3n) is 4.71. The van der Waals surface area contributed by atoms with Crippen LogP contribution in [-0.4, -0.2) is 36.6 Å². The van der Waals surface area contributed by atoms with Gasteiger partial charge in [0.15, 0.2) is 0 Å². The number of piperazine rings is 1. The number of benzene rings is 1. The van der Waals surface area contributed by atoms with Gasteiger partial charge in [-0.1, -0.05) is 18.6 Å². The van der Waals surface area contributed by atoms with Crippen LogP contribution in [0.5, 0.6) is 0 Å². The van der Waals surface area contributed by atoms with Crippen LogP contribution < -0.4 is 4.90 Å². The summed E-state index contributed by atoms with van der Waals surface area (Å²) in [4.78, 5) is 4.40. The Morgan fingerprint density at radius 1 is 1.10 bits per heavy atom. The summed E-state index contributed by atoms with van der Waals surface area (Å²) in [6.45, 7) is 4.67. The minimum atomic E-state index is -4.29. The molecule has 2 saturated heterocycles. The zero-order chi connectivity index (χ0) is 15.0. The van der Waals surface area contributed by atoms with Gasteiger partial charge >= 0.3 is 6.18 Å². The van der Waals surface area contributed by atoms with Crippen molar-refractivity contribution in [2.45, 2.75) is 44.4 Å². The van der Waals surface area contributed by atoms with Gasteiger partial charge < -0.3 is 4.90 Å². The second-order valence-corrected chi connectivity index (χ2v) is 6.16. The van der Waals surface area contributed by atoms with E-state index in [1.54, 1.807) is 12.1 Å². The van der Waals surface area contributed by atoms with Crippen molar-refractivity contribution in [1.29, 1.82) is 0 Å². The van der Waals surface area contributed by atoms with E-state index >= 15 is 0 Å². The van der Waals surface area contributed by atoms with Crippen LogP contribution in [0.25, 0.3) is 0 Å². The standard InChI is InChI=1S/C16H21F3N2/c1-12-10-20-9-5-4-6-13(20)11-21(12)15-8-3-2-7-14(15)16(17,18)19/h2-3,7-8,12-13H,4-6,9-11H2,1H3. The van der Waals surface area contributed by atoms with Gasteiger partial charge in [0.05, 0.1) is 5.56 Å². The lowest BCUT2D eigenvalue weighted by molar-refractivity contribution is -0.137. The zero-order valence-electron chi connectivity index (χ0n) is 12.2. The molecular weight excluding hydrogens is 277 g/mol. The van der Waals surface area contributed by atoms with Crippen LogP contribution in [0.15, 0.2) is 24.3 Å². The summed E-state index contributed by atoms with van der Waals surface area (Å²) < 4.78 is 39.7. The van der Waals surface area contributed by atoms with Crippen molar-refractivity contribution in [2.24, 2.45) is 0 Å². The lowest BCUT2D eigenvalue weighted by atomic mass is 9.96. The van der Waals surface area contributed by atoms with Crippen molar-refractivity contribution in [3.05, 3.63) is 29.8 Å². The van der Waals surface area contributed by atoms with Gasteiger partial charge in [-0.05, 0) is 38.4 Å². The van der Waals surface area contributed by atoms with E-state index in [0.29, 0.717) is 18.3 Å². The van der Waals surface area contributed by atoms with E-state index in [0.717, 1.165) is 19.5 Å². The van der Waals surface area contributed by atoms with Crippen molar-refractivity contribution in [1.82, 2.24) is 4.90 Å². The molecule has 2 heterocycles. The van der Waals surface area contributed by atoms with E-state index < -0.39 is 11.7 Å². The Kier molecular flexibility index (Phi) is 3.86. The van der Waals surface area contributed by atoms with Gasteiger partial charge in [0.1, 0.15) is 0 Å². The molecule has 5 heteroatoms. The molecular formula is C16H21F3N2. The van der Waals surface area contributed by atoms with Crippen molar-refractivity contribution < 1.29 is 13.2 Å². The molecule has 0 spiro atoms. The maximum atomic E-state index is 13.2. The largest absolute Gasteiger partial charge is 0.418 e. The molecule has 2 nitrogen and oxygen atoms in total. The summed E-state index contributed by atoms with van der Waals surface area (Å²) in [6.07, 6.45) is -0.802. The molecule has 1 aromatic rings. The normalized spacial score (nSPS) is 27.5. The smallest absolute Gasteiger partial charge is 0.365 e. The fraction of sp³-hybridized carbons (Fsp3) is 0.625. The second kappa shape index (κ2) is 5.52. The number of nitrogens with zero attached hydrogens (tertiary/aromatic N) is 2. The molecule has 0 bridgehead atoms. The van der Waals surface area contributed by atoms with E-state index in [-0.39, 0.29) is 6.04 Å². The van der Waals surface area contributed by atoms with E-state index in [9.17, 15) is 13.2 Å². The molecule has 0 saturated carbocycles. The summed E-state index contributed by atoms with van der Waals surface area (Å²) in [5.41, 5.74) is -0.177. The highest BCUT2D eigenvalue weighted by molar-refractivity contribution is 5.56. The first kappa shape index (κ1) is 14.7. The number of hydrogen-bond acceptors (Lipinski definition) is 2. The van der Waals surface area contributed by atoms with Gasteiger partial charge in [0.25, 0.3) is 0 Å². The summed E-state index contributed by atoms with van der Waals surface area (Å²) in [6, 6.07) is 6.48. The minimum Gasteiger partial charge on any atom is -0.365 e. The van der Waals surface area contributed by atoms with Gasteiger partial charge in [0.2, 0.25) is 0 Å². The Labute approximate surface area is 123 Å². The van der Waals surface area contributed by atoms with Gasteiger partial charge in [-0.15, -0.1) is 0 Å². The maximum Gasteiger partial charge on any atom is 0.418 e. The highest BCUT2D eigenvalue weighted by Crippen LogP contribution is 2.38. The molecule has 2 fully saturated rings. The molecule has 2 aliphatic heterocycles. The van der Waals surface area contributed by atoms with Gasteiger partial charge in [-0.3, -0.25) is 4.90 Å². The average molecular weight is 298 g/mol. The van der Waals surface area contributed by atoms with Crippen LogP contribution in [0.2, 0.25) is 0 Å². The molecule has 2 atom stereocenters. The Hall–Kier alpha value is -1.23. The number of para-hydroxylation sites is 1. The number of halogens is 3. The molecule has 2 unspecified atom stereocenters. The summed E-state index contributed by atoms with van der Waals surface area (Å²) >= 11 is 0. The zero-order valence-corrected chi connectivity index (χ0v) is 12.2. The van der Waals surface area contributed by atoms with Crippen LogP contribution in [0.3, 0.4) is 0 Å². The molecule has 1 aromatic carbocycles. The molecule has 0 N–H and O–H groups in total. The van der Waals surface area contributed by atoms with Crippen molar-refractivity contribution in [2.75, 3.05) is 24.5 Å². The van der Waals surface area contributed by atoms with Crippen molar-refractivity contribution >= 4 is 5.69 Å². The first-order chi connectivity index (χ1) is 9.97. The van der Waals surface area contributed by atoms with Crippen LogP contribution in [0, 0.1) is 0 Å². The summed E-state index contributed by atoms with van der Waals surface area (Å²) in [7, 11) is 0. The first-order valence-electron chi connectivity index (χ1n) is 7.64. The molecule has 21 heavy (non-hydrogen) atoms. The SMILES string of the molecule is CC1CN2CCCCC2CN1c1ccccc1C(F)(F)F. The second-order valence-electron chi connectivity index (χ2n) is 6.16. The maximum absolute atomic E-state index is 13.2. The third kappa shape index (κ3) is 2.89. The van der Waals surface area contributed by atoms with E-state index in [1.165, 1.54) is 25.0 Å².